The van der Waals surface area contributed by atoms with Crippen LogP contribution in [0.2, 0.25) is 0 Å². The molecule has 0 fully saturated rings. The molecule has 3 N–H and O–H groups in total. The normalized spacial score (nSPS) is 10.4. The Morgan fingerprint density at radius 3 is 2.44 bits per heavy atom. The molecule has 3 aromatic rings. The van der Waals surface area contributed by atoms with Crippen molar-refractivity contribution in [2.75, 3.05) is 18.1 Å². The van der Waals surface area contributed by atoms with Gasteiger partial charge in [0.05, 0.1) is 30.2 Å². The monoisotopic (exact) mass is 466 g/mol. The third-order valence-corrected chi connectivity index (χ3v) is 4.14. The number of alkyl carbamates (subject to hydrolysis) is 1. The number of carbonyl (C=O) groups is 1. The second-order valence-corrected chi connectivity index (χ2v) is 7.95. The molecule has 1 aromatic heterocycles. The molecular weight excluding hydrogens is 440 g/mol. The molecule has 3 rings (SSSR count). The number of rotatable bonds is 8. The molecule has 10 nitrogen and oxygen atoms in total. The Morgan fingerprint density at radius 2 is 1.79 bits per heavy atom. The van der Waals surface area contributed by atoms with E-state index in [4.69, 9.17) is 23.6 Å². The summed E-state index contributed by atoms with van der Waals surface area (Å²) in [4.78, 5) is 25.9. The van der Waals surface area contributed by atoms with E-state index in [1.54, 1.807) is 43.6 Å². The number of nitrogens with one attached hydrogen (secondary N) is 3. The van der Waals surface area contributed by atoms with E-state index in [-0.39, 0.29) is 0 Å². The second-order valence-electron chi connectivity index (χ2n) is 7.95. The minimum atomic E-state index is -0.551. The summed E-state index contributed by atoms with van der Waals surface area (Å²) in [6.07, 6.45) is 7.21. The summed E-state index contributed by atoms with van der Waals surface area (Å²) in [5.41, 5.74) is 7.70. The number of benzene rings is 2. The van der Waals surface area contributed by atoms with Gasteiger partial charge in [0.1, 0.15) is 11.4 Å². The molecule has 178 valence electrons. The SMILES string of the molecule is COc1cc(NOC#CONc2cccc(CNC(=O)OC(C)(C)C)c2)ccc1-c1cnco1. The lowest BCUT2D eigenvalue weighted by atomic mass is 10.1. The van der Waals surface area contributed by atoms with Gasteiger partial charge in [0.25, 0.3) is 0 Å². The number of aromatic nitrogens is 1. The van der Waals surface area contributed by atoms with Crippen molar-refractivity contribution in [3.63, 3.8) is 0 Å². The molecule has 1 amide bonds. The average Bonchev–Trinajstić information content (AvgIpc) is 3.34. The number of hydrogen-bond donors (Lipinski definition) is 3. The summed E-state index contributed by atoms with van der Waals surface area (Å²) in [7, 11) is 1.56. The van der Waals surface area contributed by atoms with E-state index in [1.165, 1.54) is 6.39 Å². The predicted molar refractivity (Wildman–Crippen MR) is 125 cm³/mol. The highest BCUT2D eigenvalue weighted by molar-refractivity contribution is 5.69. The van der Waals surface area contributed by atoms with Crippen LogP contribution in [0.3, 0.4) is 0 Å². The van der Waals surface area contributed by atoms with Crippen molar-refractivity contribution in [1.82, 2.24) is 10.3 Å². The maximum Gasteiger partial charge on any atom is 0.407 e. The number of oxazole rings is 1. The van der Waals surface area contributed by atoms with Gasteiger partial charge in [-0.1, -0.05) is 12.1 Å². The minimum Gasteiger partial charge on any atom is -0.496 e. The highest BCUT2D eigenvalue weighted by atomic mass is 16.7. The Bertz CT molecular complexity index is 1150. The molecular formula is C24H26N4O6. The molecule has 0 aliphatic heterocycles. The summed E-state index contributed by atoms with van der Waals surface area (Å²) < 4.78 is 15.9. The van der Waals surface area contributed by atoms with E-state index in [0.717, 1.165) is 11.1 Å². The maximum atomic E-state index is 11.8. The van der Waals surface area contributed by atoms with Gasteiger partial charge in [-0.3, -0.25) is 0 Å². The molecule has 0 aliphatic rings. The topological polar surface area (TPSA) is 116 Å². The zero-order valence-corrected chi connectivity index (χ0v) is 19.3. The molecule has 34 heavy (non-hydrogen) atoms. The second kappa shape index (κ2) is 11.4. The number of ether oxygens (including phenoxy) is 2. The fourth-order valence-corrected chi connectivity index (χ4v) is 2.75. The van der Waals surface area contributed by atoms with Gasteiger partial charge < -0.3 is 28.9 Å². The van der Waals surface area contributed by atoms with Crippen LogP contribution in [0.1, 0.15) is 26.3 Å². The van der Waals surface area contributed by atoms with Gasteiger partial charge in [0.15, 0.2) is 24.4 Å². The standard InChI is InChI=1S/C24H26N4O6/c1-24(2,3)34-23(29)26-14-17-6-5-7-18(12-17)27-32-10-11-33-28-19-8-9-20(21(13-19)30-4)22-15-25-16-31-22/h5-9,12-13,15-16,27-28H,14H2,1-4H3,(H,26,29). The molecule has 0 atom stereocenters. The van der Waals surface area contributed by atoms with E-state index >= 15 is 0 Å². The molecule has 0 aliphatic carbocycles. The van der Waals surface area contributed by atoms with Crippen LogP contribution < -0.4 is 21.0 Å². The Hall–Kier alpha value is -4.52. The zero-order valence-electron chi connectivity index (χ0n) is 19.3. The van der Waals surface area contributed by atoms with Crippen LogP contribution in [0.4, 0.5) is 16.2 Å². The van der Waals surface area contributed by atoms with Crippen molar-refractivity contribution < 1.29 is 28.4 Å². The predicted octanol–water partition coefficient (Wildman–Crippen LogP) is 4.68. The van der Waals surface area contributed by atoms with Gasteiger partial charge in [0, 0.05) is 12.6 Å². The van der Waals surface area contributed by atoms with E-state index < -0.39 is 11.7 Å². The van der Waals surface area contributed by atoms with Gasteiger partial charge in [-0.15, -0.1) is 0 Å². The van der Waals surface area contributed by atoms with Crippen LogP contribution in [-0.2, 0) is 21.0 Å². The molecule has 0 unspecified atom stereocenters. The van der Waals surface area contributed by atoms with Crippen LogP contribution in [0, 0.1) is 12.2 Å². The molecule has 1 heterocycles. The number of amides is 1. The van der Waals surface area contributed by atoms with Crippen molar-refractivity contribution in [2.24, 2.45) is 0 Å². The summed E-state index contributed by atoms with van der Waals surface area (Å²) in [5, 5.41) is 2.70. The van der Waals surface area contributed by atoms with E-state index in [2.05, 4.69) is 33.5 Å². The average molecular weight is 466 g/mol. The zero-order chi connectivity index (χ0) is 24.4. The van der Waals surface area contributed by atoms with E-state index in [0.29, 0.717) is 29.4 Å². The van der Waals surface area contributed by atoms with Crippen LogP contribution in [0.15, 0.2) is 59.5 Å². The minimum absolute atomic E-state index is 0.307. The fourth-order valence-electron chi connectivity index (χ4n) is 2.75. The van der Waals surface area contributed by atoms with Crippen molar-refractivity contribution in [2.45, 2.75) is 32.9 Å². The Morgan fingerprint density at radius 1 is 1.06 bits per heavy atom. The first-order valence-corrected chi connectivity index (χ1v) is 10.3. The summed E-state index contributed by atoms with van der Waals surface area (Å²) >= 11 is 0. The lowest BCUT2D eigenvalue weighted by Gasteiger charge is -2.19. The largest absolute Gasteiger partial charge is 0.496 e. The van der Waals surface area contributed by atoms with Gasteiger partial charge in [-0.05, 0) is 50.6 Å². The van der Waals surface area contributed by atoms with Gasteiger partial charge >= 0.3 is 6.09 Å². The van der Waals surface area contributed by atoms with E-state index in [1.807, 2.05) is 32.9 Å². The fraction of sp³-hybridized carbons (Fsp3) is 0.250. The highest BCUT2D eigenvalue weighted by Crippen LogP contribution is 2.32. The van der Waals surface area contributed by atoms with Crippen molar-refractivity contribution in [3.05, 3.63) is 60.6 Å². The lowest BCUT2D eigenvalue weighted by Crippen LogP contribution is -2.32. The molecule has 0 bridgehead atoms. The quantitative estimate of drug-likeness (QED) is 0.321. The maximum absolute atomic E-state index is 11.8. The van der Waals surface area contributed by atoms with Crippen LogP contribution in [0.25, 0.3) is 11.3 Å². The number of hydrogen-bond acceptors (Lipinski definition) is 9. The van der Waals surface area contributed by atoms with Crippen molar-refractivity contribution in [3.8, 4) is 29.3 Å². The van der Waals surface area contributed by atoms with Gasteiger partial charge in [-0.25, -0.2) is 20.7 Å². The molecule has 0 spiro atoms. The lowest BCUT2D eigenvalue weighted by molar-refractivity contribution is 0.0523. The Balaban J connectivity index is 1.44. The molecule has 0 radical (unpaired) electrons. The summed E-state index contributed by atoms with van der Waals surface area (Å²) in [5.74, 6) is 1.17. The first-order chi connectivity index (χ1) is 16.3. The van der Waals surface area contributed by atoms with Crippen LogP contribution in [0.5, 0.6) is 5.75 Å². The molecule has 2 aromatic carbocycles. The first kappa shape index (κ1) is 24.1. The van der Waals surface area contributed by atoms with Crippen molar-refractivity contribution in [1.29, 1.82) is 0 Å². The van der Waals surface area contributed by atoms with Crippen LogP contribution in [-0.4, -0.2) is 23.8 Å². The Labute approximate surface area is 197 Å². The first-order valence-electron chi connectivity index (χ1n) is 10.3. The Kier molecular flexibility index (Phi) is 8.07. The highest BCUT2D eigenvalue weighted by Gasteiger charge is 2.15. The summed E-state index contributed by atoms with van der Waals surface area (Å²) in [6, 6.07) is 12.6. The third kappa shape index (κ3) is 7.56. The number of anilines is 2. The molecule has 10 heteroatoms. The molecule has 0 saturated carbocycles. The van der Waals surface area contributed by atoms with Crippen LogP contribution >= 0.6 is 0 Å². The van der Waals surface area contributed by atoms with Crippen molar-refractivity contribution >= 4 is 17.5 Å². The van der Waals surface area contributed by atoms with Gasteiger partial charge in [-0.2, -0.15) is 0 Å². The third-order valence-electron chi connectivity index (χ3n) is 4.14. The van der Waals surface area contributed by atoms with E-state index in [9.17, 15) is 4.79 Å². The molecule has 0 saturated heterocycles. The van der Waals surface area contributed by atoms with Gasteiger partial charge in [0.2, 0.25) is 0 Å². The number of methoxy groups -OCH3 is 1. The number of carbonyl (C=O) groups excluding carboxylic acids is 1. The number of nitrogens with zero attached hydrogens (tertiary/aromatic N) is 1. The smallest absolute Gasteiger partial charge is 0.407 e. The summed E-state index contributed by atoms with van der Waals surface area (Å²) in [6.45, 7) is 5.73.